The predicted octanol–water partition coefficient (Wildman–Crippen LogP) is 0.713. The summed E-state index contributed by atoms with van der Waals surface area (Å²) in [6, 6.07) is 0. The Balaban J connectivity index is 1.88. The molecule has 1 aliphatic heterocycles. The van der Waals surface area contributed by atoms with Crippen LogP contribution in [0.1, 0.15) is 6.42 Å². The Labute approximate surface area is 67.8 Å². The van der Waals surface area contributed by atoms with Gasteiger partial charge in [0.1, 0.15) is 5.33 Å². The summed E-state index contributed by atoms with van der Waals surface area (Å²) in [5, 5.41) is 0.276. The third-order valence-corrected chi connectivity index (χ3v) is 1.67. The van der Waals surface area contributed by atoms with E-state index in [4.69, 9.17) is 9.47 Å². The predicted molar refractivity (Wildman–Crippen MR) is 39.1 cm³/mol. The average Bonchev–Trinajstić information content (AvgIpc) is 2.71. The average molecular weight is 209 g/mol. The number of epoxide rings is 1. The molecule has 0 amide bonds. The zero-order valence-electron chi connectivity index (χ0n) is 5.51. The van der Waals surface area contributed by atoms with Crippen LogP contribution in [0.5, 0.6) is 0 Å². The van der Waals surface area contributed by atoms with E-state index in [1.807, 2.05) is 0 Å². The maximum atomic E-state index is 10.5. The molecule has 58 valence electrons. The fourth-order valence-electron chi connectivity index (χ4n) is 0.577. The Morgan fingerprint density at radius 3 is 3.00 bits per heavy atom. The van der Waals surface area contributed by atoms with E-state index < -0.39 is 0 Å². The Kier molecular flexibility index (Phi) is 3.15. The second kappa shape index (κ2) is 3.93. The molecule has 3 nitrogen and oxygen atoms in total. The van der Waals surface area contributed by atoms with Crippen molar-refractivity contribution in [3.05, 3.63) is 0 Å². The van der Waals surface area contributed by atoms with Gasteiger partial charge in [-0.1, -0.05) is 15.9 Å². The molecule has 0 N–H and O–H groups in total. The maximum Gasteiger partial charge on any atom is 0.316 e. The van der Waals surface area contributed by atoms with Crippen LogP contribution in [-0.4, -0.2) is 30.6 Å². The molecule has 1 heterocycles. The number of carbonyl (C=O) groups is 1. The van der Waals surface area contributed by atoms with Crippen molar-refractivity contribution in [2.75, 3.05) is 18.5 Å². The van der Waals surface area contributed by atoms with Gasteiger partial charge in [-0.2, -0.15) is 0 Å². The van der Waals surface area contributed by atoms with Gasteiger partial charge in [-0.05, 0) is 0 Å². The number of halogens is 1. The minimum Gasteiger partial charge on any atom is -0.465 e. The number of ether oxygens (including phenoxy) is 2. The first-order valence-electron chi connectivity index (χ1n) is 3.16. The molecule has 0 aromatic rings. The quantitative estimate of drug-likeness (QED) is 0.389. The highest BCUT2D eigenvalue weighted by Gasteiger charge is 2.21. The van der Waals surface area contributed by atoms with Gasteiger partial charge < -0.3 is 9.47 Å². The van der Waals surface area contributed by atoms with Crippen LogP contribution in [0, 0.1) is 0 Å². The molecule has 0 aromatic heterocycles. The Hall–Kier alpha value is -0.0900. The Morgan fingerprint density at radius 2 is 2.50 bits per heavy atom. The molecular formula is C6H9BrO3. The van der Waals surface area contributed by atoms with E-state index >= 15 is 0 Å². The molecule has 10 heavy (non-hydrogen) atoms. The lowest BCUT2D eigenvalue weighted by atomic mass is 10.3. The molecule has 0 aromatic carbocycles. The molecular weight excluding hydrogens is 200 g/mol. The van der Waals surface area contributed by atoms with Crippen LogP contribution in [0.3, 0.4) is 0 Å². The molecule has 1 aliphatic rings. The monoisotopic (exact) mass is 208 g/mol. The molecule has 4 heteroatoms. The smallest absolute Gasteiger partial charge is 0.316 e. The second-order valence-corrected chi connectivity index (χ2v) is 2.66. The van der Waals surface area contributed by atoms with Crippen LogP contribution < -0.4 is 0 Å². The van der Waals surface area contributed by atoms with E-state index in [0.29, 0.717) is 12.7 Å². The SMILES string of the molecule is O=C(CBr)OCCC1CO1. The zero-order valence-corrected chi connectivity index (χ0v) is 7.09. The Morgan fingerprint density at radius 1 is 1.80 bits per heavy atom. The van der Waals surface area contributed by atoms with Gasteiger partial charge in [-0.25, -0.2) is 0 Å². The Bertz CT molecular complexity index is 122. The van der Waals surface area contributed by atoms with Crippen LogP contribution in [0.25, 0.3) is 0 Å². The summed E-state index contributed by atoms with van der Waals surface area (Å²) in [6.45, 7) is 1.31. The van der Waals surface area contributed by atoms with Crippen LogP contribution in [0.4, 0.5) is 0 Å². The van der Waals surface area contributed by atoms with Crippen LogP contribution in [0.2, 0.25) is 0 Å². The molecule has 0 bridgehead atoms. The molecule has 0 saturated carbocycles. The third-order valence-electron chi connectivity index (χ3n) is 1.21. The van der Waals surface area contributed by atoms with Gasteiger partial charge in [-0.15, -0.1) is 0 Å². The summed E-state index contributed by atoms with van der Waals surface area (Å²) >= 11 is 2.99. The molecule has 1 unspecified atom stereocenters. The molecule has 1 atom stereocenters. The van der Waals surface area contributed by atoms with Crippen LogP contribution in [0.15, 0.2) is 0 Å². The van der Waals surface area contributed by atoms with Crippen molar-refractivity contribution in [3.8, 4) is 0 Å². The molecule has 1 fully saturated rings. The van der Waals surface area contributed by atoms with E-state index in [-0.39, 0.29) is 11.3 Å². The molecule has 1 rings (SSSR count). The van der Waals surface area contributed by atoms with Crippen molar-refractivity contribution in [1.29, 1.82) is 0 Å². The van der Waals surface area contributed by atoms with Crippen molar-refractivity contribution in [3.63, 3.8) is 0 Å². The number of alkyl halides is 1. The zero-order chi connectivity index (χ0) is 7.40. The normalized spacial score (nSPS) is 22.3. The third kappa shape index (κ3) is 3.17. The number of rotatable bonds is 4. The fraction of sp³-hybridized carbons (Fsp3) is 0.833. The van der Waals surface area contributed by atoms with E-state index in [1.165, 1.54) is 0 Å². The lowest BCUT2D eigenvalue weighted by Crippen LogP contribution is -2.07. The highest BCUT2D eigenvalue weighted by molar-refractivity contribution is 9.09. The van der Waals surface area contributed by atoms with Crippen LogP contribution in [-0.2, 0) is 14.3 Å². The lowest BCUT2D eigenvalue weighted by molar-refractivity contribution is -0.140. The van der Waals surface area contributed by atoms with Gasteiger partial charge >= 0.3 is 5.97 Å². The highest BCUT2D eigenvalue weighted by Crippen LogP contribution is 2.12. The van der Waals surface area contributed by atoms with E-state index in [9.17, 15) is 4.79 Å². The van der Waals surface area contributed by atoms with Gasteiger partial charge in [0.2, 0.25) is 0 Å². The summed E-state index contributed by atoms with van der Waals surface area (Å²) in [5.41, 5.74) is 0. The molecule has 0 spiro atoms. The minimum absolute atomic E-state index is 0.208. The highest BCUT2D eigenvalue weighted by atomic mass is 79.9. The fourth-order valence-corrected chi connectivity index (χ4v) is 0.739. The summed E-state index contributed by atoms with van der Waals surface area (Å²) in [6.07, 6.45) is 1.18. The summed E-state index contributed by atoms with van der Waals surface area (Å²) in [7, 11) is 0. The van der Waals surface area contributed by atoms with E-state index in [2.05, 4.69) is 15.9 Å². The molecule has 1 saturated heterocycles. The van der Waals surface area contributed by atoms with Crippen molar-refractivity contribution < 1.29 is 14.3 Å². The largest absolute Gasteiger partial charge is 0.465 e. The number of hydrogen-bond donors (Lipinski definition) is 0. The number of esters is 1. The first kappa shape index (κ1) is 8.01. The molecule has 0 radical (unpaired) electrons. The molecule has 0 aliphatic carbocycles. The standard InChI is InChI=1S/C6H9BrO3/c7-3-6(8)9-2-1-5-4-10-5/h5H,1-4H2. The van der Waals surface area contributed by atoms with Gasteiger partial charge in [0.05, 0.1) is 19.3 Å². The lowest BCUT2D eigenvalue weighted by Gasteiger charge is -1.98. The van der Waals surface area contributed by atoms with Crippen molar-refractivity contribution >= 4 is 21.9 Å². The summed E-state index contributed by atoms with van der Waals surface area (Å²) in [5.74, 6) is -0.208. The number of carbonyl (C=O) groups excluding carboxylic acids is 1. The van der Waals surface area contributed by atoms with Gasteiger partial charge in [0.15, 0.2) is 0 Å². The van der Waals surface area contributed by atoms with Crippen LogP contribution >= 0.6 is 15.9 Å². The first-order chi connectivity index (χ1) is 4.83. The van der Waals surface area contributed by atoms with Gasteiger partial charge in [0.25, 0.3) is 0 Å². The van der Waals surface area contributed by atoms with Gasteiger partial charge in [0, 0.05) is 6.42 Å². The second-order valence-electron chi connectivity index (χ2n) is 2.10. The van der Waals surface area contributed by atoms with Gasteiger partial charge in [-0.3, -0.25) is 4.79 Å². The van der Waals surface area contributed by atoms with Crippen molar-refractivity contribution in [2.24, 2.45) is 0 Å². The number of hydrogen-bond acceptors (Lipinski definition) is 3. The minimum atomic E-state index is -0.208. The van der Waals surface area contributed by atoms with E-state index in [1.54, 1.807) is 0 Å². The van der Waals surface area contributed by atoms with Crippen molar-refractivity contribution in [1.82, 2.24) is 0 Å². The van der Waals surface area contributed by atoms with Crippen molar-refractivity contribution in [2.45, 2.75) is 12.5 Å². The summed E-state index contributed by atoms with van der Waals surface area (Å²) < 4.78 is 9.70. The topological polar surface area (TPSA) is 38.8 Å². The van der Waals surface area contributed by atoms with E-state index in [0.717, 1.165) is 13.0 Å². The maximum absolute atomic E-state index is 10.5. The first-order valence-corrected chi connectivity index (χ1v) is 4.28. The summed E-state index contributed by atoms with van der Waals surface area (Å²) in [4.78, 5) is 10.5.